The predicted molar refractivity (Wildman–Crippen MR) is 30.7 cm³/mol. The molecule has 1 unspecified atom stereocenters. The van der Waals surface area contributed by atoms with Crippen LogP contribution in [0.15, 0.2) is 12.3 Å². The van der Waals surface area contributed by atoms with Crippen LogP contribution in [0.1, 0.15) is 6.92 Å². The topological polar surface area (TPSA) is 29.1 Å². The zero-order chi connectivity index (χ0) is 5.98. The van der Waals surface area contributed by atoms with Crippen molar-refractivity contribution in [2.45, 2.75) is 6.92 Å². The molecule has 1 radical (unpaired) electrons. The predicted octanol–water partition coefficient (Wildman–Crippen LogP) is 0.470. The number of allylic oxidation sites excluding steroid dienone is 1. The third kappa shape index (κ3) is 0.886. The summed E-state index contributed by atoms with van der Waals surface area (Å²) < 4.78 is 0. The second-order valence-electron chi connectivity index (χ2n) is 1.86. The Morgan fingerprint density at radius 2 is 2.50 bits per heavy atom. The molecule has 1 aliphatic rings. The molecule has 1 N–H and O–H groups in total. The SMILES string of the molecule is CC1[CH]NC=CC1=O. The third-order valence-electron chi connectivity index (χ3n) is 1.14. The fourth-order valence-electron chi connectivity index (χ4n) is 0.564. The molecule has 0 aromatic heterocycles. The molecule has 1 heterocycles. The molecule has 0 spiro atoms. The van der Waals surface area contributed by atoms with E-state index in [1.54, 1.807) is 18.8 Å². The smallest absolute Gasteiger partial charge is 0.162 e. The van der Waals surface area contributed by atoms with Gasteiger partial charge in [-0.15, -0.1) is 0 Å². The van der Waals surface area contributed by atoms with Crippen molar-refractivity contribution in [3.05, 3.63) is 18.8 Å². The van der Waals surface area contributed by atoms with E-state index in [-0.39, 0.29) is 11.7 Å². The van der Waals surface area contributed by atoms with Gasteiger partial charge in [-0.25, -0.2) is 0 Å². The van der Waals surface area contributed by atoms with Crippen molar-refractivity contribution >= 4 is 5.78 Å². The molecule has 0 aromatic carbocycles. The summed E-state index contributed by atoms with van der Waals surface area (Å²) in [6.45, 7) is 3.63. The van der Waals surface area contributed by atoms with Crippen LogP contribution in [0.4, 0.5) is 0 Å². The summed E-state index contributed by atoms with van der Waals surface area (Å²) in [5.74, 6) is 0.212. The molecule has 2 nitrogen and oxygen atoms in total. The summed E-state index contributed by atoms with van der Waals surface area (Å²) in [6.07, 6.45) is 3.19. The molecular weight excluding hydrogens is 102 g/mol. The van der Waals surface area contributed by atoms with Gasteiger partial charge in [-0.2, -0.15) is 0 Å². The maximum atomic E-state index is 10.6. The molecule has 2 heteroatoms. The van der Waals surface area contributed by atoms with Crippen molar-refractivity contribution < 1.29 is 4.79 Å². The highest BCUT2D eigenvalue weighted by molar-refractivity contribution is 5.93. The Balaban J connectivity index is 2.60. The molecule has 1 aliphatic heterocycles. The number of carbonyl (C=O) groups excluding carboxylic acids is 1. The lowest BCUT2D eigenvalue weighted by atomic mass is 10.1. The highest BCUT2D eigenvalue weighted by Crippen LogP contribution is 2.03. The summed E-state index contributed by atoms with van der Waals surface area (Å²) >= 11 is 0. The molecule has 43 valence electrons. The van der Waals surface area contributed by atoms with E-state index in [4.69, 9.17) is 0 Å². The van der Waals surface area contributed by atoms with Gasteiger partial charge in [-0.1, -0.05) is 6.92 Å². The second kappa shape index (κ2) is 1.99. The molecule has 0 saturated carbocycles. The van der Waals surface area contributed by atoms with Gasteiger partial charge in [0.05, 0.1) is 6.54 Å². The number of hydrogen-bond acceptors (Lipinski definition) is 2. The molecule has 0 fully saturated rings. The molecule has 0 amide bonds. The van der Waals surface area contributed by atoms with Gasteiger partial charge in [0.15, 0.2) is 5.78 Å². The zero-order valence-corrected chi connectivity index (χ0v) is 4.72. The first-order valence-electron chi connectivity index (χ1n) is 2.60. The lowest BCUT2D eigenvalue weighted by Crippen LogP contribution is -2.21. The van der Waals surface area contributed by atoms with E-state index in [9.17, 15) is 4.79 Å². The largest absolute Gasteiger partial charge is 0.385 e. The van der Waals surface area contributed by atoms with Gasteiger partial charge in [0.1, 0.15) is 0 Å². The number of rotatable bonds is 0. The molecule has 1 rings (SSSR count). The summed E-state index contributed by atoms with van der Waals surface area (Å²) in [6, 6.07) is 0. The summed E-state index contributed by atoms with van der Waals surface area (Å²) in [5, 5.41) is 2.84. The van der Waals surface area contributed by atoms with E-state index in [2.05, 4.69) is 5.32 Å². The highest BCUT2D eigenvalue weighted by atomic mass is 16.1. The van der Waals surface area contributed by atoms with Gasteiger partial charge >= 0.3 is 0 Å². The molecule has 8 heavy (non-hydrogen) atoms. The van der Waals surface area contributed by atoms with Gasteiger partial charge < -0.3 is 5.32 Å². The normalized spacial score (nSPS) is 27.6. The standard InChI is InChI=1S/C6H8NO/c1-5-4-7-3-2-6(5)8/h2-5,7H,1H3. The lowest BCUT2D eigenvalue weighted by Gasteiger charge is -2.10. The Hall–Kier alpha value is -0.790. The zero-order valence-electron chi connectivity index (χ0n) is 4.72. The van der Waals surface area contributed by atoms with Gasteiger partial charge in [-0.05, 0) is 6.08 Å². The van der Waals surface area contributed by atoms with Crippen LogP contribution in [0.5, 0.6) is 0 Å². The van der Waals surface area contributed by atoms with Crippen molar-refractivity contribution in [1.29, 1.82) is 0 Å². The van der Waals surface area contributed by atoms with Gasteiger partial charge in [0.25, 0.3) is 0 Å². The van der Waals surface area contributed by atoms with E-state index in [1.165, 1.54) is 0 Å². The van der Waals surface area contributed by atoms with Gasteiger partial charge in [0, 0.05) is 12.1 Å². The van der Waals surface area contributed by atoms with E-state index in [0.29, 0.717) is 0 Å². The van der Waals surface area contributed by atoms with Crippen LogP contribution in [0.25, 0.3) is 0 Å². The number of carbonyl (C=O) groups is 1. The number of nitrogens with one attached hydrogen (secondary N) is 1. The van der Waals surface area contributed by atoms with Gasteiger partial charge in [-0.3, -0.25) is 4.79 Å². The molecule has 1 atom stereocenters. The quantitative estimate of drug-likeness (QED) is 0.491. The first kappa shape index (κ1) is 5.35. The fourth-order valence-corrected chi connectivity index (χ4v) is 0.564. The van der Waals surface area contributed by atoms with E-state index in [0.717, 1.165) is 0 Å². The lowest BCUT2D eigenvalue weighted by molar-refractivity contribution is -0.117. The maximum absolute atomic E-state index is 10.6. The molecular formula is C6H8NO. The van der Waals surface area contributed by atoms with Crippen LogP contribution in [0, 0.1) is 12.5 Å². The van der Waals surface area contributed by atoms with Crippen molar-refractivity contribution in [3.8, 4) is 0 Å². The number of ketones is 1. The minimum atomic E-state index is 0.0417. The van der Waals surface area contributed by atoms with E-state index >= 15 is 0 Å². The van der Waals surface area contributed by atoms with Crippen molar-refractivity contribution in [1.82, 2.24) is 5.32 Å². The Bertz CT molecular complexity index is 128. The Labute approximate surface area is 48.6 Å². The van der Waals surface area contributed by atoms with Crippen molar-refractivity contribution in [3.63, 3.8) is 0 Å². The molecule has 0 saturated heterocycles. The first-order chi connectivity index (χ1) is 3.80. The summed E-state index contributed by atoms with van der Waals surface area (Å²) in [7, 11) is 0. The fraction of sp³-hybridized carbons (Fsp3) is 0.333. The summed E-state index contributed by atoms with van der Waals surface area (Å²) in [4.78, 5) is 10.6. The van der Waals surface area contributed by atoms with Crippen LogP contribution >= 0.6 is 0 Å². The van der Waals surface area contributed by atoms with E-state index < -0.39 is 0 Å². The van der Waals surface area contributed by atoms with Gasteiger partial charge in [0.2, 0.25) is 0 Å². The molecule has 0 bridgehead atoms. The van der Waals surface area contributed by atoms with Crippen LogP contribution in [0.3, 0.4) is 0 Å². The van der Waals surface area contributed by atoms with Crippen LogP contribution < -0.4 is 5.32 Å². The highest BCUT2D eigenvalue weighted by Gasteiger charge is 2.11. The summed E-state index contributed by atoms with van der Waals surface area (Å²) in [5.41, 5.74) is 0. The Morgan fingerprint density at radius 3 is 2.88 bits per heavy atom. The first-order valence-corrected chi connectivity index (χ1v) is 2.60. The monoisotopic (exact) mass is 110 g/mol. The van der Waals surface area contributed by atoms with Crippen molar-refractivity contribution in [2.75, 3.05) is 0 Å². The minimum Gasteiger partial charge on any atom is -0.385 e. The average Bonchev–Trinajstić information content (AvgIpc) is 1.77. The number of hydrogen-bond donors (Lipinski definition) is 1. The van der Waals surface area contributed by atoms with E-state index in [1.807, 2.05) is 6.92 Å². The maximum Gasteiger partial charge on any atom is 0.162 e. The van der Waals surface area contributed by atoms with Crippen LogP contribution in [-0.2, 0) is 4.79 Å². The third-order valence-corrected chi connectivity index (χ3v) is 1.14. The molecule has 0 aliphatic carbocycles. The second-order valence-corrected chi connectivity index (χ2v) is 1.86. The Morgan fingerprint density at radius 1 is 1.75 bits per heavy atom. The average molecular weight is 110 g/mol. The molecule has 0 aromatic rings. The minimum absolute atomic E-state index is 0.0417. The Kier molecular flexibility index (Phi) is 1.33. The van der Waals surface area contributed by atoms with Crippen LogP contribution in [0.2, 0.25) is 0 Å². The van der Waals surface area contributed by atoms with Crippen molar-refractivity contribution in [2.24, 2.45) is 5.92 Å². The van der Waals surface area contributed by atoms with Crippen LogP contribution in [-0.4, -0.2) is 5.78 Å².